The number of amides is 1. The highest BCUT2D eigenvalue weighted by Crippen LogP contribution is 2.32. The lowest BCUT2D eigenvalue weighted by Gasteiger charge is -2.35. The summed E-state index contributed by atoms with van der Waals surface area (Å²) in [5.41, 5.74) is 2.71. The van der Waals surface area contributed by atoms with E-state index in [9.17, 15) is 9.59 Å². The predicted octanol–water partition coefficient (Wildman–Crippen LogP) is 3.92. The van der Waals surface area contributed by atoms with Crippen molar-refractivity contribution in [1.29, 1.82) is 0 Å². The van der Waals surface area contributed by atoms with Gasteiger partial charge in [0.2, 0.25) is 5.91 Å². The summed E-state index contributed by atoms with van der Waals surface area (Å²) in [7, 11) is 3.36. The molecule has 1 aliphatic rings. The molecular weight excluding hydrogens is 414 g/mol. The number of rotatable bonds is 11. The van der Waals surface area contributed by atoms with Gasteiger partial charge in [0, 0.05) is 32.0 Å². The zero-order valence-corrected chi connectivity index (χ0v) is 19.6. The maximum atomic E-state index is 12.8. The van der Waals surface area contributed by atoms with Crippen LogP contribution < -0.4 is 10.6 Å². The fourth-order valence-corrected chi connectivity index (χ4v) is 3.63. The first-order valence-electron chi connectivity index (χ1n) is 10.7. The van der Waals surface area contributed by atoms with Gasteiger partial charge in [0.05, 0.1) is 18.2 Å². The summed E-state index contributed by atoms with van der Waals surface area (Å²) in [6.45, 7) is 4.48. The average molecular weight is 448 g/mol. The third kappa shape index (κ3) is 7.04. The van der Waals surface area contributed by atoms with Crippen LogP contribution in [0.1, 0.15) is 57.6 Å². The van der Waals surface area contributed by atoms with Crippen LogP contribution in [0.2, 0.25) is 0 Å². The summed E-state index contributed by atoms with van der Waals surface area (Å²) >= 11 is 5.44. The summed E-state index contributed by atoms with van der Waals surface area (Å²) in [6, 6.07) is 6.99. The van der Waals surface area contributed by atoms with Gasteiger partial charge in [-0.15, -0.1) is 0 Å². The number of hydrogen-bond acceptors (Lipinski definition) is 5. The normalized spacial score (nSPS) is 16.2. The summed E-state index contributed by atoms with van der Waals surface area (Å²) in [5.74, 6) is -0.433. The molecule has 31 heavy (non-hydrogen) atoms. The zero-order chi connectivity index (χ0) is 22.8. The molecule has 1 amide bonds. The highest BCUT2D eigenvalue weighted by atomic mass is 32.1. The molecule has 1 heterocycles. The maximum absolute atomic E-state index is 12.8. The molecule has 8 heteroatoms. The molecular formula is C23H33N3O4S. The van der Waals surface area contributed by atoms with Gasteiger partial charge in [0.25, 0.3) is 0 Å². The van der Waals surface area contributed by atoms with Crippen LogP contribution in [-0.2, 0) is 19.1 Å². The minimum absolute atomic E-state index is 0.00830. The Balaban J connectivity index is 2.20. The number of hydrogen-bond donors (Lipinski definition) is 2. The molecule has 0 bridgehead atoms. The van der Waals surface area contributed by atoms with Crippen LogP contribution in [0.4, 0.5) is 5.69 Å². The second-order valence-corrected chi connectivity index (χ2v) is 7.94. The van der Waals surface area contributed by atoms with Gasteiger partial charge in [0.15, 0.2) is 5.11 Å². The minimum atomic E-state index is -0.472. The molecule has 0 fully saturated rings. The van der Waals surface area contributed by atoms with Crippen molar-refractivity contribution in [1.82, 2.24) is 10.2 Å². The maximum Gasteiger partial charge on any atom is 0.338 e. The van der Waals surface area contributed by atoms with Gasteiger partial charge in [-0.25, -0.2) is 4.79 Å². The van der Waals surface area contributed by atoms with Crippen LogP contribution in [0, 0.1) is 0 Å². The number of carbonyl (C=O) groups excluding carboxylic acids is 2. The summed E-state index contributed by atoms with van der Waals surface area (Å²) in [6.07, 6.45) is 4.71. The quantitative estimate of drug-likeness (QED) is 0.302. The highest BCUT2D eigenvalue weighted by molar-refractivity contribution is 7.80. The predicted molar refractivity (Wildman–Crippen MR) is 126 cm³/mol. The molecule has 1 aromatic rings. The number of benzene rings is 1. The Morgan fingerprint density at radius 3 is 2.71 bits per heavy atom. The molecule has 0 saturated carbocycles. The number of unbranched alkanes of at least 4 members (excludes halogenated alkanes) is 3. The number of thiocarbonyl (C=S) groups is 1. The number of nitrogens with one attached hydrogen (secondary N) is 2. The average Bonchev–Trinajstić information content (AvgIpc) is 2.75. The van der Waals surface area contributed by atoms with Gasteiger partial charge >= 0.3 is 5.97 Å². The van der Waals surface area contributed by atoms with E-state index in [4.69, 9.17) is 21.7 Å². The molecule has 1 aliphatic heterocycles. The van der Waals surface area contributed by atoms with Crippen LogP contribution in [0.5, 0.6) is 0 Å². The zero-order valence-electron chi connectivity index (χ0n) is 18.8. The Hall–Kier alpha value is -2.45. The second kappa shape index (κ2) is 12.4. The third-order valence-electron chi connectivity index (χ3n) is 5.26. The highest BCUT2D eigenvalue weighted by Gasteiger charge is 2.33. The van der Waals surface area contributed by atoms with E-state index in [1.54, 1.807) is 19.1 Å². The van der Waals surface area contributed by atoms with Crippen molar-refractivity contribution in [2.45, 2.75) is 52.0 Å². The molecule has 0 saturated heterocycles. The molecule has 7 nitrogen and oxygen atoms in total. The first kappa shape index (κ1) is 24.8. The van der Waals surface area contributed by atoms with Gasteiger partial charge in [0.1, 0.15) is 6.61 Å². The van der Waals surface area contributed by atoms with E-state index in [0.29, 0.717) is 29.4 Å². The molecule has 1 atom stereocenters. The van der Waals surface area contributed by atoms with Crippen LogP contribution in [-0.4, -0.2) is 49.3 Å². The van der Waals surface area contributed by atoms with Gasteiger partial charge in [-0.05, 0) is 43.3 Å². The van der Waals surface area contributed by atoms with Gasteiger partial charge in [-0.1, -0.05) is 38.3 Å². The number of anilines is 1. The molecule has 1 unspecified atom stereocenters. The minimum Gasteiger partial charge on any atom is -0.460 e. The number of methoxy groups -OCH3 is 1. The first-order chi connectivity index (χ1) is 14.9. The fourth-order valence-electron chi connectivity index (χ4n) is 3.38. The van der Waals surface area contributed by atoms with Crippen molar-refractivity contribution >= 4 is 34.9 Å². The Morgan fingerprint density at radius 2 is 2.00 bits per heavy atom. The van der Waals surface area contributed by atoms with E-state index in [2.05, 4.69) is 17.6 Å². The van der Waals surface area contributed by atoms with Crippen LogP contribution in [0.15, 0.2) is 35.5 Å². The molecule has 0 aliphatic carbocycles. The van der Waals surface area contributed by atoms with Crippen molar-refractivity contribution in [2.75, 3.05) is 32.7 Å². The number of ether oxygens (including phenoxy) is 2. The molecule has 0 aromatic heterocycles. The lowest BCUT2D eigenvalue weighted by atomic mass is 9.95. The Labute approximate surface area is 190 Å². The molecule has 170 valence electrons. The Bertz CT molecular complexity index is 825. The smallest absolute Gasteiger partial charge is 0.338 e. The largest absolute Gasteiger partial charge is 0.460 e. The van der Waals surface area contributed by atoms with Crippen molar-refractivity contribution in [3.05, 3.63) is 41.1 Å². The van der Waals surface area contributed by atoms with Gasteiger partial charge < -0.3 is 25.0 Å². The SMILES string of the molecule is CCCCCCC(=O)Nc1cccc(C2NC(=S)N(C)C(C)=C2C(=O)OCCOC)c1. The number of allylic oxidation sites excluding steroid dienone is 1. The number of carbonyl (C=O) groups is 2. The topological polar surface area (TPSA) is 79.9 Å². The Kier molecular flexibility index (Phi) is 9.94. The summed E-state index contributed by atoms with van der Waals surface area (Å²) in [5, 5.41) is 6.69. The number of esters is 1. The van der Waals surface area contributed by atoms with Crippen LogP contribution in [0.3, 0.4) is 0 Å². The molecule has 2 N–H and O–H groups in total. The third-order valence-corrected chi connectivity index (χ3v) is 5.65. The van der Waals surface area contributed by atoms with Crippen molar-refractivity contribution in [2.24, 2.45) is 0 Å². The van der Waals surface area contributed by atoms with Crippen molar-refractivity contribution in [3.8, 4) is 0 Å². The first-order valence-corrected chi connectivity index (χ1v) is 11.1. The van der Waals surface area contributed by atoms with Crippen molar-refractivity contribution in [3.63, 3.8) is 0 Å². The van der Waals surface area contributed by atoms with E-state index >= 15 is 0 Å². The van der Waals surface area contributed by atoms with E-state index < -0.39 is 12.0 Å². The van der Waals surface area contributed by atoms with Crippen molar-refractivity contribution < 1.29 is 19.1 Å². The van der Waals surface area contributed by atoms with Crippen LogP contribution in [0.25, 0.3) is 0 Å². The van der Waals surface area contributed by atoms with Crippen LogP contribution >= 0.6 is 12.2 Å². The lowest BCUT2D eigenvalue weighted by Crippen LogP contribution is -2.46. The molecule has 2 rings (SSSR count). The molecule has 1 aromatic carbocycles. The van der Waals surface area contributed by atoms with Gasteiger partial charge in [-0.3, -0.25) is 4.79 Å². The lowest BCUT2D eigenvalue weighted by molar-refractivity contribution is -0.140. The molecule has 0 radical (unpaired) electrons. The second-order valence-electron chi connectivity index (χ2n) is 7.55. The van der Waals surface area contributed by atoms with E-state index in [0.717, 1.165) is 36.9 Å². The van der Waals surface area contributed by atoms with E-state index in [1.807, 2.05) is 31.2 Å². The Morgan fingerprint density at radius 1 is 1.23 bits per heavy atom. The summed E-state index contributed by atoms with van der Waals surface area (Å²) < 4.78 is 10.4. The van der Waals surface area contributed by atoms with E-state index in [-0.39, 0.29) is 12.5 Å². The molecule has 0 spiro atoms. The fraction of sp³-hybridized carbons (Fsp3) is 0.522. The summed E-state index contributed by atoms with van der Waals surface area (Å²) in [4.78, 5) is 26.9. The standard InChI is InChI=1S/C23H33N3O4S/c1-5-6-7-8-12-19(27)24-18-11-9-10-17(15-18)21-20(22(28)30-14-13-29-4)16(2)26(3)23(31)25-21/h9-11,15,21H,5-8,12-14H2,1-4H3,(H,24,27)(H,25,31). The van der Waals surface area contributed by atoms with E-state index in [1.165, 1.54) is 0 Å². The van der Waals surface area contributed by atoms with Gasteiger partial charge in [-0.2, -0.15) is 0 Å². The number of nitrogens with zero attached hydrogens (tertiary/aromatic N) is 1. The monoisotopic (exact) mass is 447 g/mol.